The molecule has 0 aliphatic rings. The molecule has 1 aromatic heterocycles. The Morgan fingerprint density at radius 1 is 1.05 bits per heavy atom. The van der Waals surface area contributed by atoms with Gasteiger partial charge in [-0.25, -0.2) is 4.39 Å². The van der Waals surface area contributed by atoms with Gasteiger partial charge >= 0.3 is 0 Å². The van der Waals surface area contributed by atoms with Gasteiger partial charge < -0.3 is 5.32 Å². The SMILES string of the molecule is CCNC(Cc1cccs1)c1ccc(F)c2ccccc12. The van der Waals surface area contributed by atoms with Gasteiger partial charge in [0.25, 0.3) is 0 Å². The molecule has 0 saturated heterocycles. The average molecular weight is 299 g/mol. The molecule has 21 heavy (non-hydrogen) atoms. The molecule has 3 heteroatoms. The maximum absolute atomic E-state index is 14.0. The van der Waals surface area contributed by atoms with Crippen LogP contribution in [0.2, 0.25) is 0 Å². The second-order valence-electron chi connectivity index (χ2n) is 5.08. The van der Waals surface area contributed by atoms with Crippen molar-refractivity contribution in [3.63, 3.8) is 0 Å². The van der Waals surface area contributed by atoms with Crippen LogP contribution in [0.3, 0.4) is 0 Å². The lowest BCUT2D eigenvalue weighted by atomic mass is 9.96. The molecule has 0 aliphatic carbocycles. The van der Waals surface area contributed by atoms with Crippen LogP contribution in [0.25, 0.3) is 10.8 Å². The normalized spacial score (nSPS) is 12.7. The molecule has 2 aromatic carbocycles. The maximum Gasteiger partial charge on any atom is 0.131 e. The average Bonchev–Trinajstić information content (AvgIpc) is 3.01. The van der Waals surface area contributed by atoms with Crippen molar-refractivity contribution < 1.29 is 4.39 Å². The van der Waals surface area contributed by atoms with Gasteiger partial charge in [-0.15, -0.1) is 11.3 Å². The quantitative estimate of drug-likeness (QED) is 0.704. The highest BCUT2D eigenvalue weighted by Crippen LogP contribution is 2.29. The van der Waals surface area contributed by atoms with E-state index >= 15 is 0 Å². The molecule has 0 spiro atoms. The van der Waals surface area contributed by atoms with Crippen LogP contribution in [0.4, 0.5) is 4.39 Å². The minimum absolute atomic E-state index is 0.152. The van der Waals surface area contributed by atoms with Gasteiger partial charge in [0.15, 0.2) is 0 Å². The Hall–Kier alpha value is -1.71. The van der Waals surface area contributed by atoms with E-state index in [2.05, 4.69) is 29.8 Å². The van der Waals surface area contributed by atoms with Crippen molar-refractivity contribution in [2.24, 2.45) is 0 Å². The molecule has 3 rings (SSSR count). The molecule has 0 aliphatic heterocycles. The highest BCUT2D eigenvalue weighted by molar-refractivity contribution is 7.09. The molecule has 1 heterocycles. The summed E-state index contributed by atoms with van der Waals surface area (Å²) in [4.78, 5) is 1.34. The minimum atomic E-state index is -0.152. The molecule has 3 aromatic rings. The van der Waals surface area contributed by atoms with Gasteiger partial charge in [-0.2, -0.15) is 0 Å². The summed E-state index contributed by atoms with van der Waals surface area (Å²) in [6.45, 7) is 2.99. The van der Waals surface area contributed by atoms with E-state index in [9.17, 15) is 4.39 Å². The number of nitrogens with one attached hydrogen (secondary N) is 1. The molecule has 0 bridgehead atoms. The smallest absolute Gasteiger partial charge is 0.131 e. The Morgan fingerprint density at radius 3 is 2.57 bits per heavy atom. The van der Waals surface area contributed by atoms with Crippen molar-refractivity contribution in [3.05, 3.63) is 70.2 Å². The summed E-state index contributed by atoms with van der Waals surface area (Å²) in [7, 11) is 0. The van der Waals surface area contributed by atoms with Crippen LogP contribution >= 0.6 is 11.3 Å². The second-order valence-corrected chi connectivity index (χ2v) is 6.11. The molecule has 1 atom stereocenters. The third kappa shape index (κ3) is 2.99. The Bertz CT molecular complexity index is 721. The van der Waals surface area contributed by atoms with Crippen molar-refractivity contribution in [1.82, 2.24) is 5.32 Å². The molecule has 1 N–H and O–H groups in total. The van der Waals surface area contributed by atoms with E-state index in [1.165, 1.54) is 10.4 Å². The zero-order valence-corrected chi connectivity index (χ0v) is 12.8. The van der Waals surface area contributed by atoms with E-state index < -0.39 is 0 Å². The standard InChI is InChI=1S/C18H18FNS/c1-2-20-18(12-13-6-5-11-21-13)16-9-10-17(19)15-8-4-3-7-14(15)16/h3-11,18,20H,2,12H2,1H3. The van der Waals surface area contributed by atoms with Gasteiger partial charge in [-0.05, 0) is 35.0 Å². The van der Waals surface area contributed by atoms with E-state index in [0.717, 1.165) is 18.4 Å². The third-order valence-corrected chi connectivity index (χ3v) is 4.61. The molecule has 0 fully saturated rings. The van der Waals surface area contributed by atoms with E-state index in [4.69, 9.17) is 0 Å². The highest BCUT2D eigenvalue weighted by atomic mass is 32.1. The van der Waals surface area contributed by atoms with E-state index in [1.807, 2.05) is 30.3 Å². The number of fused-ring (bicyclic) bond motifs is 1. The van der Waals surface area contributed by atoms with Crippen molar-refractivity contribution in [2.45, 2.75) is 19.4 Å². The molecular formula is C18H18FNS. The molecule has 108 valence electrons. The van der Waals surface area contributed by atoms with E-state index in [0.29, 0.717) is 5.39 Å². The Kier molecular flexibility index (Phi) is 4.32. The van der Waals surface area contributed by atoms with Crippen LogP contribution in [-0.4, -0.2) is 6.54 Å². The fourth-order valence-corrected chi connectivity index (χ4v) is 3.51. The van der Waals surface area contributed by atoms with Gasteiger partial charge in [-0.1, -0.05) is 43.3 Å². The van der Waals surface area contributed by atoms with Gasteiger partial charge in [0.1, 0.15) is 5.82 Å². The predicted octanol–water partition coefficient (Wildman–Crippen LogP) is 4.93. The summed E-state index contributed by atoms with van der Waals surface area (Å²) < 4.78 is 14.0. The van der Waals surface area contributed by atoms with E-state index in [-0.39, 0.29) is 11.9 Å². The molecule has 0 saturated carbocycles. The second kappa shape index (κ2) is 6.37. The molecular weight excluding hydrogens is 281 g/mol. The lowest BCUT2D eigenvalue weighted by molar-refractivity contribution is 0.555. The fourth-order valence-electron chi connectivity index (χ4n) is 2.76. The summed E-state index contributed by atoms with van der Waals surface area (Å²) in [6, 6.07) is 15.6. The lowest BCUT2D eigenvalue weighted by Gasteiger charge is -2.20. The van der Waals surface area contributed by atoms with Gasteiger partial charge in [0.2, 0.25) is 0 Å². The van der Waals surface area contributed by atoms with Gasteiger partial charge in [0.05, 0.1) is 0 Å². The Balaban J connectivity index is 2.05. The number of hydrogen-bond acceptors (Lipinski definition) is 2. The lowest BCUT2D eigenvalue weighted by Crippen LogP contribution is -2.23. The van der Waals surface area contributed by atoms with Crippen molar-refractivity contribution in [2.75, 3.05) is 6.54 Å². The first-order chi connectivity index (χ1) is 10.3. The summed E-state index contributed by atoms with van der Waals surface area (Å²) in [5.74, 6) is -0.152. The Morgan fingerprint density at radius 2 is 1.86 bits per heavy atom. The zero-order chi connectivity index (χ0) is 14.7. The number of thiophene rings is 1. The number of hydrogen-bond donors (Lipinski definition) is 1. The number of rotatable bonds is 5. The van der Waals surface area contributed by atoms with Crippen LogP contribution in [0.15, 0.2) is 53.9 Å². The summed E-state index contributed by atoms with van der Waals surface area (Å²) in [5, 5.41) is 7.33. The van der Waals surface area contributed by atoms with Crippen molar-refractivity contribution in [3.8, 4) is 0 Å². The van der Waals surface area contributed by atoms with Crippen LogP contribution < -0.4 is 5.32 Å². The molecule has 1 nitrogen and oxygen atoms in total. The molecule has 0 amide bonds. The Labute approximate surface area is 128 Å². The molecule has 1 unspecified atom stereocenters. The van der Waals surface area contributed by atoms with Gasteiger partial charge in [0, 0.05) is 22.7 Å². The van der Waals surface area contributed by atoms with Crippen molar-refractivity contribution >= 4 is 22.1 Å². The first-order valence-electron chi connectivity index (χ1n) is 7.22. The summed E-state index contributed by atoms with van der Waals surface area (Å²) in [6.07, 6.45) is 0.932. The largest absolute Gasteiger partial charge is 0.310 e. The zero-order valence-electron chi connectivity index (χ0n) is 12.0. The molecule has 0 radical (unpaired) electrons. The van der Waals surface area contributed by atoms with Crippen LogP contribution in [0.5, 0.6) is 0 Å². The predicted molar refractivity (Wildman–Crippen MR) is 88.3 cm³/mol. The van der Waals surface area contributed by atoms with Crippen LogP contribution in [0, 0.1) is 5.82 Å². The number of likely N-dealkylation sites (N-methyl/N-ethyl adjacent to an activating group) is 1. The van der Waals surface area contributed by atoms with E-state index in [1.54, 1.807) is 17.4 Å². The fraction of sp³-hybridized carbons (Fsp3) is 0.222. The minimum Gasteiger partial charge on any atom is -0.310 e. The van der Waals surface area contributed by atoms with Crippen LogP contribution in [0.1, 0.15) is 23.4 Å². The third-order valence-electron chi connectivity index (χ3n) is 3.72. The number of benzene rings is 2. The van der Waals surface area contributed by atoms with Crippen molar-refractivity contribution in [1.29, 1.82) is 0 Å². The topological polar surface area (TPSA) is 12.0 Å². The van der Waals surface area contributed by atoms with Crippen LogP contribution in [-0.2, 0) is 6.42 Å². The first-order valence-corrected chi connectivity index (χ1v) is 8.10. The summed E-state index contributed by atoms with van der Waals surface area (Å²) >= 11 is 1.77. The van der Waals surface area contributed by atoms with Gasteiger partial charge in [-0.3, -0.25) is 0 Å². The first kappa shape index (κ1) is 14.2. The number of halogens is 1. The maximum atomic E-state index is 14.0. The summed E-state index contributed by atoms with van der Waals surface area (Å²) in [5.41, 5.74) is 1.17. The monoisotopic (exact) mass is 299 g/mol. The highest BCUT2D eigenvalue weighted by Gasteiger charge is 2.16.